The van der Waals surface area contributed by atoms with E-state index in [1.165, 1.54) is 25.7 Å². The van der Waals surface area contributed by atoms with Gasteiger partial charge in [0.05, 0.1) is 0 Å². The number of hydrogen-bond acceptors (Lipinski definition) is 2. The fraction of sp³-hybridized carbons (Fsp3) is 0.933. The number of nitrogens with zero attached hydrogens (tertiary/aromatic N) is 1. The van der Waals surface area contributed by atoms with Crippen molar-refractivity contribution in [1.82, 2.24) is 4.90 Å². The molecule has 3 fully saturated rings. The highest BCUT2D eigenvalue weighted by Crippen LogP contribution is 2.45. The molecule has 3 aliphatic heterocycles. The molecular formula is C15H25NO2. The predicted molar refractivity (Wildman–Crippen MR) is 70.2 cm³/mol. The summed E-state index contributed by atoms with van der Waals surface area (Å²) in [5.74, 6) is 0.671. The van der Waals surface area contributed by atoms with Gasteiger partial charge >= 0.3 is 0 Å². The summed E-state index contributed by atoms with van der Waals surface area (Å²) in [6.07, 6.45) is 6.69. The van der Waals surface area contributed by atoms with E-state index in [4.69, 9.17) is 4.74 Å². The summed E-state index contributed by atoms with van der Waals surface area (Å²) in [5.41, 5.74) is 0.429. The minimum Gasteiger partial charge on any atom is -0.381 e. The number of rotatable bonds is 1. The lowest BCUT2D eigenvalue weighted by Crippen LogP contribution is -2.51. The maximum Gasteiger partial charge on any atom is 0.226 e. The monoisotopic (exact) mass is 251 g/mol. The van der Waals surface area contributed by atoms with E-state index >= 15 is 0 Å². The second-order valence-electron chi connectivity index (χ2n) is 7.09. The molecule has 102 valence electrons. The Morgan fingerprint density at radius 2 is 1.61 bits per heavy atom. The Bertz CT molecular complexity index is 317. The third-order valence-corrected chi connectivity index (χ3v) is 5.02. The van der Waals surface area contributed by atoms with Gasteiger partial charge in [0.15, 0.2) is 0 Å². The van der Waals surface area contributed by atoms with Gasteiger partial charge in [-0.15, -0.1) is 0 Å². The number of piperidine rings is 1. The van der Waals surface area contributed by atoms with Gasteiger partial charge in [0.25, 0.3) is 0 Å². The Labute approximate surface area is 110 Å². The molecule has 18 heavy (non-hydrogen) atoms. The van der Waals surface area contributed by atoms with Gasteiger partial charge in [-0.25, -0.2) is 0 Å². The fourth-order valence-corrected chi connectivity index (χ4v) is 4.24. The van der Waals surface area contributed by atoms with Crippen LogP contribution in [0, 0.1) is 11.3 Å². The molecule has 0 aromatic rings. The molecule has 0 spiro atoms. The highest BCUT2D eigenvalue weighted by Gasteiger charge is 2.47. The summed E-state index contributed by atoms with van der Waals surface area (Å²) in [6, 6.07) is 1.04. The van der Waals surface area contributed by atoms with Crippen LogP contribution in [0.3, 0.4) is 0 Å². The summed E-state index contributed by atoms with van der Waals surface area (Å²) in [4.78, 5) is 15.0. The maximum atomic E-state index is 12.7. The Morgan fingerprint density at radius 1 is 1.06 bits per heavy atom. The quantitative estimate of drug-likeness (QED) is 0.717. The maximum absolute atomic E-state index is 12.7. The normalized spacial score (nSPS) is 35.8. The topological polar surface area (TPSA) is 29.5 Å². The largest absolute Gasteiger partial charge is 0.381 e. The first-order chi connectivity index (χ1) is 8.57. The van der Waals surface area contributed by atoms with Crippen molar-refractivity contribution in [3.05, 3.63) is 0 Å². The number of carbonyl (C=O) groups excluding carboxylic acids is 1. The Hall–Kier alpha value is -0.570. The molecule has 3 heteroatoms. The van der Waals surface area contributed by atoms with Crippen LogP contribution >= 0.6 is 0 Å². The summed E-state index contributed by atoms with van der Waals surface area (Å²) in [5, 5.41) is 0. The van der Waals surface area contributed by atoms with E-state index in [-0.39, 0.29) is 5.92 Å². The average molecular weight is 251 g/mol. The van der Waals surface area contributed by atoms with Crippen LogP contribution in [0.4, 0.5) is 0 Å². The highest BCUT2D eigenvalue weighted by atomic mass is 16.5. The zero-order valence-corrected chi connectivity index (χ0v) is 11.7. The SMILES string of the molecule is CC1(C)CC2CCC(C1)N2C(=O)C1CCOCC1. The highest BCUT2D eigenvalue weighted by molar-refractivity contribution is 5.80. The van der Waals surface area contributed by atoms with Crippen molar-refractivity contribution >= 4 is 5.91 Å². The number of amides is 1. The molecule has 0 radical (unpaired) electrons. The van der Waals surface area contributed by atoms with E-state index in [0.717, 1.165) is 26.1 Å². The van der Waals surface area contributed by atoms with Crippen LogP contribution in [-0.4, -0.2) is 36.1 Å². The van der Waals surface area contributed by atoms with Gasteiger partial charge in [-0.2, -0.15) is 0 Å². The molecule has 0 aromatic heterocycles. The fourth-order valence-electron chi connectivity index (χ4n) is 4.24. The van der Waals surface area contributed by atoms with Crippen molar-refractivity contribution in [3.8, 4) is 0 Å². The van der Waals surface area contributed by atoms with Crippen molar-refractivity contribution in [2.24, 2.45) is 11.3 Å². The zero-order valence-electron chi connectivity index (χ0n) is 11.7. The third kappa shape index (κ3) is 2.18. The molecule has 0 aliphatic carbocycles. The zero-order chi connectivity index (χ0) is 12.8. The Kier molecular flexibility index (Phi) is 3.13. The molecule has 2 unspecified atom stereocenters. The molecule has 0 aromatic carbocycles. The van der Waals surface area contributed by atoms with E-state index in [0.29, 0.717) is 23.4 Å². The van der Waals surface area contributed by atoms with Crippen molar-refractivity contribution in [2.45, 2.75) is 64.5 Å². The third-order valence-electron chi connectivity index (χ3n) is 5.02. The van der Waals surface area contributed by atoms with E-state index in [1.54, 1.807) is 0 Å². The summed E-state index contributed by atoms with van der Waals surface area (Å²) >= 11 is 0. The van der Waals surface area contributed by atoms with Crippen LogP contribution in [0.1, 0.15) is 52.4 Å². The van der Waals surface area contributed by atoms with Crippen LogP contribution in [-0.2, 0) is 9.53 Å². The molecule has 0 saturated carbocycles. The van der Waals surface area contributed by atoms with E-state index in [1.807, 2.05) is 0 Å². The van der Waals surface area contributed by atoms with Gasteiger partial charge < -0.3 is 9.64 Å². The number of hydrogen-bond donors (Lipinski definition) is 0. The lowest BCUT2D eigenvalue weighted by Gasteiger charge is -2.44. The standard InChI is InChI=1S/C15H25NO2/c1-15(2)9-12-3-4-13(10-15)16(12)14(17)11-5-7-18-8-6-11/h11-13H,3-10H2,1-2H3. The van der Waals surface area contributed by atoms with E-state index in [2.05, 4.69) is 18.7 Å². The van der Waals surface area contributed by atoms with Crippen molar-refractivity contribution in [3.63, 3.8) is 0 Å². The van der Waals surface area contributed by atoms with Gasteiger partial charge in [-0.1, -0.05) is 13.8 Å². The van der Waals surface area contributed by atoms with Crippen LogP contribution in [0.5, 0.6) is 0 Å². The van der Waals surface area contributed by atoms with Gasteiger partial charge in [0, 0.05) is 31.2 Å². The van der Waals surface area contributed by atoms with Crippen LogP contribution < -0.4 is 0 Å². The Balaban J connectivity index is 1.71. The summed E-state index contributed by atoms with van der Waals surface area (Å²) in [6.45, 7) is 6.25. The lowest BCUT2D eigenvalue weighted by molar-refractivity contribution is -0.145. The average Bonchev–Trinajstić information content (AvgIpc) is 2.62. The molecule has 3 aliphatic rings. The van der Waals surface area contributed by atoms with Crippen LogP contribution in [0.15, 0.2) is 0 Å². The molecule has 1 amide bonds. The molecule has 3 heterocycles. The van der Waals surface area contributed by atoms with Gasteiger partial charge in [-0.3, -0.25) is 4.79 Å². The first-order valence-corrected chi connectivity index (χ1v) is 7.47. The summed E-state index contributed by atoms with van der Waals surface area (Å²) in [7, 11) is 0. The van der Waals surface area contributed by atoms with Crippen LogP contribution in [0.2, 0.25) is 0 Å². The molecule has 3 rings (SSSR count). The number of carbonyl (C=O) groups is 1. The first kappa shape index (κ1) is 12.5. The van der Waals surface area contributed by atoms with Gasteiger partial charge in [-0.05, 0) is 43.9 Å². The second kappa shape index (κ2) is 4.52. The number of fused-ring (bicyclic) bond motifs is 2. The molecular weight excluding hydrogens is 226 g/mol. The van der Waals surface area contributed by atoms with Crippen molar-refractivity contribution in [2.75, 3.05) is 13.2 Å². The van der Waals surface area contributed by atoms with E-state index < -0.39 is 0 Å². The van der Waals surface area contributed by atoms with Gasteiger partial charge in [0.2, 0.25) is 5.91 Å². The molecule has 0 N–H and O–H groups in total. The second-order valence-corrected chi connectivity index (χ2v) is 7.09. The Morgan fingerprint density at radius 3 is 2.17 bits per heavy atom. The molecule has 3 saturated heterocycles. The molecule has 3 nitrogen and oxygen atoms in total. The lowest BCUT2D eigenvalue weighted by atomic mass is 9.78. The molecule has 2 atom stereocenters. The predicted octanol–water partition coefficient (Wildman–Crippen LogP) is 2.59. The van der Waals surface area contributed by atoms with E-state index in [9.17, 15) is 4.79 Å². The smallest absolute Gasteiger partial charge is 0.226 e. The minimum atomic E-state index is 0.239. The molecule has 2 bridgehead atoms. The van der Waals surface area contributed by atoms with Crippen molar-refractivity contribution < 1.29 is 9.53 Å². The van der Waals surface area contributed by atoms with Crippen molar-refractivity contribution in [1.29, 1.82) is 0 Å². The summed E-state index contributed by atoms with van der Waals surface area (Å²) < 4.78 is 5.37. The minimum absolute atomic E-state index is 0.239. The van der Waals surface area contributed by atoms with Crippen LogP contribution in [0.25, 0.3) is 0 Å². The van der Waals surface area contributed by atoms with Gasteiger partial charge in [0.1, 0.15) is 0 Å². The first-order valence-electron chi connectivity index (χ1n) is 7.47. The number of ether oxygens (including phenoxy) is 1.